The highest BCUT2D eigenvalue weighted by atomic mass is 28.3. The Balaban J connectivity index is 1.63. The molecule has 4 rings (SSSR count). The molecule has 0 saturated heterocycles. The summed E-state index contributed by atoms with van der Waals surface area (Å²) in [5, 5.41) is 12.1. The van der Waals surface area contributed by atoms with Crippen LogP contribution >= 0.6 is 0 Å². The summed E-state index contributed by atoms with van der Waals surface area (Å²) < 4.78 is 8.10. The largest absolute Gasteiger partial charge is 0.384 e. The van der Waals surface area contributed by atoms with Crippen LogP contribution in [0.1, 0.15) is 30.9 Å². The lowest BCUT2D eigenvalue weighted by atomic mass is 10.1. The van der Waals surface area contributed by atoms with E-state index in [-0.39, 0.29) is 0 Å². The van der Waals surface area contributed by atoms with E-state index in [0.29, 0.717) is 25.6 Å². The Morgan fingerprint density at radius 3 is 2.87 bits per heavy atom. The van der Waals surface area contributed by atoms with Gasteiger partial charge in [0.25, 0.3) is 0 Å². The van der Waals surface area contributed by atoms with E-state index >= 15 is 0 Å². The Labute approximate surface area is 185 Å². The molecule has 31 heavy (non-hydrogen) atoms. The van der Waals surface area contributed by atoms with Crippen molar-refractivity contribution >= 4 is 24.9 Å². The molecule has 1 aliphatic rings. The molecular formula is C24H31N5OSi. The number of anilines is 1. The summed E-state index contributed by atoms with van der Waals surface area (Å²) in [6.45, 7) is 8.99. The van der Waals surface area contributed by atoms with Crippen LogP contribution in [-0.4, -0.2) is 35.8 Å². The van der Waals surface area contributed by atoms with Crippen molar-refractivity contribution in [1.29, 1.82) is 5.26 Å². The summed E-state index contributed by atoms with van der Waals surface area (Å²) in [6.07, 6.45) is 6.93. The molecule has 0 bridgehead atoms. The first kappa shape index (κ1) is 21.5. The van der Waals surface area contributed by atoms with Crippen molar-refractivity contribution in [1.82, 2.24) is 14.5 Å². The fraction of sp³-hybridized carbons (Fsp3) is 0.458. The first-order valence-electron chi connectivity index (χ1n) is 11.1. The van der Waals surface area contributed by atoms with E-state index in [9.17, 15) is 0 Å². The number of hydrogen-bond donors (Lipinski definition) is 1. The third-order valence-electron chi connectivity index (χ3n) is 5.55. The van der Waals surface area contributed by atoms with Gasteiger partial charge in [0.2, 0.25) is 0 Å². The van der Waals surface area contributed by atoms with Gasteiger partial charge in [0, 0.05) is 44.6 Å². The van der Waals surface area contributed by atoms with E-state index in [1.165, 1.54) is 12.8 Å². The number of hydrogen-bond acceptors (Lipinski definition) is 5. The molecule has 1 fully saturated rings. The van der Waals surface area contributed by atoms with E-state index in [4.69, 9.17) is 20.0 Å². The number of rotatable bonds is 10. The Hall–Kier alpha value is -2.69. The monoisotopic (exact) mass is 433 g/mol. The zero-order chi connectivity index (χ0) is 21.8. The lowest BCUT2D eigenvalue weighted by Crippen LogP contribution is -2.22. The van der Waals surface area contributed by atoms with Crippen LogP contribution in [0, 0.1) is 11.3 Å². The Morgan fingerprint density at radius 1 is 1.29 bits per heavy atom. The number of nitrogens with one attached hydrogen (secondary N) is 1. The van der Waals surface area contributed by atoms with E-state index in [2.05, 4.69) is 53.9 Å². The zero-order valence-electron chi connectivity index (χ0n) is 18.7. The van der Waals surface area contributed by atoms with Gasteiger partial charge in [0.1, 0.15) is 12.2 Å². The van der Waals surface area contributed by atoms with E-state index in [0.717, 1.165) is 46.3 Å². The lowest BCUT2D eigenvalue weighted by Gasteiger charge is -2.15. The molecule has 3 aromatic rings. The first-order chi connectivity index (χ1) is 14.9. The summed E-state index contributed by atoms with van der Waals surface area (Å²) in [6, 6.07) is 11.6. The van der Waals surface area contributed by atoms with Crippen LogP contribution in [0.5, 0.6) is 0 Å². The average Bonchev–Trinajstić information content (AvgIpc) is 3.53. The summed E-state index contributed by atoms with van der Waals surface area (Å²) in [5.74, 6) is 0.556. The topological polar surface area (TPSA) is 75.8 Å². The van der Waals surface area contributed by atoms with Crippen molar-refractivity contribution in [3.8, 4) is 17.2 Å². The summed E-state index contributed by atoms with van der Waals surface area (Å²) in [5.41, 5.74) is 6.07. The van der Waals surface area contributed by atoms with Gasteiger partial charge in [0.05, 0.1) is 24.4 Å². The second-order valence-electron chi connectivity index (χ2n) is 9.52. The maximum Gasteiger partial charge on any atom is 0.161 e. The molecule has 7 heteroatoms. The fourth-order valence-corrected chi connectivity index (χ4v) is 4.31. The van der Waals surface area contributed by atoms with Gasteiger partial charge >= 0.3 is 0 Å². The fourth-order valence-electron chi connectivity index (χ4n) is 3.55. The van der Waals surface area contributed by atoms with Crippen LogP contribution in [0.3, 0.4) is 0 Å². The normalized spacial score (nSPS) is 14.0. The van der Waals surface area contributed by atoms with Crippen LogP contribution in [0.15, 0.2) is 36.7 Å². The Kier molecular flexibility index (Phi) is 6.40. The molecule has 0 unspecified atom stereocenters. The molecule has 0 spiro atoms. The second kappa shape index (κ2) is 9.21. The molecule has 0 aliphatic heterocycles. The molecule has 2 heterocycles. The van der Waals surface area contributed by atoms with Crippen molar-refractivity contribution in [2.45, 2.75) is 57.6 Å². The number of nitrogens with zero attached hydrogens (tertiary/aromatic N) is 4. The van der Waals surface area contributed by atoms with Crippen LogP contribution in [0.4, 0.5) is 5.69 Å². The van der Waals surface area contributed by atoms with Crippen molar-refractivity contribution in [3.05, 3.63) is 42.4 Å². The minimum Gasteiger partial charge on any atom is -0.384 e. The van der Waals surface area contributed by atoms with Crippen LogP contribution in [0.2, 0.25) is 25.7 Å². The first-order valence-corrected chi connectivity index (χ1v) is 14.8. The highest BCUT2D eigenvalue weighted by molar-refractivity contribution is 6.76. The van der Waals surface area contributed by atoms with Gasteiger partial charge in [0.15, 0.2) is 5.65 Å². The maximum absolute atomic E-state index is 8.79. The van der Waals surface area contributed by atoms with Crippen molar-refractivity contribution in [2.24, 2.45) is 0 Å². The van der Waals surface area contributed by atoms with Gasteiger partial charge in [-0.15, -0.1) is 0 Å². The molecular weight excluding hydrogens is 402 g/mol. The number of benzene rings is 1. The van der Waals surface area contributed by atoms with Crippen molar-refractivity contribution in [3.63, 3.8) is 0 Å². The molecule has 1 aromatic carbocycles. The zero-order valence-corrected chi connectivity index (χ0v) is 19.7. The average molecular weight is 434 g/mol. The van der Waals surface area contributed by atoms with E-state index in [1.807, 2.05) is 18.3 Å². The van der Waals surface area contributed by atoms with Gasteiger partial charge in [-0.25, -0.2) is 9.97 Å². The standard InChI is InChI=1S/C24H31N5OSi/c1-31(2,3)13-12-30-17-29-16-21(19-6-4-7-20(14-19)26-11-5-10-25)23-24(29)27-15-22(28-23)18-8-9-18/h4,6-7,14-16,18,26H,5,8-9,11-13,17H2,1-3H3. The van der Waals surface area contributed by atoms with Gasteiger partial charge in [-0.05, 0) is 36.6 Å². The maximum atomic E-state index is 8.79. The minimum absolute atomic E-state index is 0.481. The lowest BCUT2D eigenvalue weighted by molar-refractivity contribution is 0.0899. The number of nitriles is 1. The van der Waals surface area contributed by atoms with Crippen LogP contribution < -0.4 is 5.32 Å². The number of ether oxygens (including phenoxy) is 1. The minimum atomic E-state index is -1.12. The summed E-state index contributed by atoms with van der Waals surface area (Å²) in [7, 11) is -1.12. The molecule has 1 aliphatic carbocycles. The number of aromatic nitrogens is 3. The molecule has 1 N–H and O–H groups in total. The predicted molar refractivity (Wildman–Crippen MR) is 128 cm³/mol. The smallest absolute Gasteiger partial charge is 0.161 e. The molecule has 0 amide bonds. The molecule has 0 radical (unpaired) electrons. The summed E-state index contributed by atoms with van der Waals surface area (Å²) in [4.78, 5) is 9.79. The van der Waals surface area contributed by atoms with Gasteiger partial charge in [-0.3, -0.25) is 0 Å². The highest BCUT2D eigenvalue weighted by Crippen LogP contribution is 2.40. The molecule has 0 atom stereocenters. The van der Waals surface area contributed by atoms with Gasteiger partial charge in [-0.1, -0.05) is 31.8 Å². The molecule has 2 aromatic heterocycles. The van der Waals surface area contributed by atoms with Crippen LogP contribution in [0.25, 0.3) is 22.3 Å². The summed E-state index contributed by atoms with van der Waals surface area (Å²) >= 11 is 0. The Morgan fingerprint density at radius 2 is 2.13 bits per heavy atom. The van der Waals surface area contributed by atoms with Crippen molar-refractivity contribution < 1.29 is 4.74 Å². The third-order valence-corrected chi connectivity index (χ3v) is 7.25. The van der Waals surface area contributed by atoms with Gasteiger partial charge in [-0.2, -0.15) is 5.26 Å². The SMILES string of the molecule is C[Si](C)(C)CCOCn1cc(-c2cccc(NCCC#N)c2)c2nc(C3CC3)cnc21. The number of fused-ring (bicyclic) bond motifs is 1. The third kappa shape index (κ3) is 5.52. The quantitative estimate of drug-likeness (QED) is 0.332. The Bertz CT molecular complexity index is 1090. The van der Waals surface area contributed by atoms with Crippen LogP contribution in [-0.2, 0) is 11.5 Å². The second-order valence-corrected chi connectivity index (χ2v) is 15.1. The van der Waals surface area contributed by atoms with E-state index < -0.39 is 8.07 Å². The molecule has 1 saturated carbocycles. The predicted octanol–water partition coefficient (Wildman–Crippen LogP) is 5.61. The van der Waals surface area contributed by atoms with Crippen molar-refractivity contribution in [2.75, 3.05) is 18.5 Å². The van der Waals surface area contributed by atoms with Gasteiger partial charge < -0.3 is 14.6 Å². The molecule has 6 nitrogen and oxygen atoms in total. The van der Waals surface area contributed by atoms with E-state index in [1.54, 1.807) is 0 Å². The highest BCUT2D eigenvalue weighted by Gasteiger charge is 2.26. The molecule has 162 valence electrons.